The molecule has 2 amide bonds. The molecule has 6 heteroatoms. The van der Waals surface area contributed by atoms with Crippen LogP contribution in [-0.4, -0.2) is 37.0 Å². The molecule has 5 nitrogen and oxygen atoms in total. The van der Waals surface area contributed by atoms with Gasteiger partial charge in [-0.2, -0.15) is 0 Å². The van der Waals surface area contributed by atoms with Crippen molar-refractivity contribution in [2.45, 2.75) is 44.2 Å². The van der Waals surface area contributed by atoms with E-state index in [4.69, 9.17) is 11.6 Å². The number of nitrogens with one attached hydrogen (secondary N) is 3. The highest BCUT2D eigenvalue weighted by molar-refractivity contribution is 6.33. The predicted molar refractivity (Wildman–Crippen MR) is 94.1 cm³/mol. The second kappa shape index (κ2) is 7.99. The zero-order chi connectivity index (χ0) is 16.9. The minimum absolute atomic E-state index is 0.0771. The van der Waals surface area contributed by atoms with E-state index < -0.39 is 0 Å². The first-order chi connectivity index (χ1) is 11.6. The molecule has 0 aliphatic carbocycles. The Hall–Kier alpha value is -1.59. The van der Waals surface area contributed by atoms with Gasteiger partial charge in [0.25, 0.3) is 5.91 Å². The van der Waals surface area contributed by atoms with Crippen LogP contribution in [0.2, 0.25) is 5.02 Å². The van der Waals surface area contributed by atoms with Crippen molar-refractivity contribution in [1.29, 1.82) is 0 Å². The number of hydrogen-bond donors (Lipinski definition) is 3. The number of hydrogen-bond acceptors (Lipinski definition) is 3. The second-order valence-corrected chi connectivity index (χ2v) is 7.17. The van der Waals surface area contributed by atoms with Gasteiger partial charge in [0.2, 0.25) is 5.91 Å². The third kappa shape index (κ3) is 4.48. The van der Waals surface area contributed by atoms with Gasteiger partial charge in [0.15, 0.2) is 0 Å². The van der Waals surface area contributed by atoms with Gasteiger partial charge in [-0.05, 0) is 43.7 Å². The summed E-state index contributed by atoms with van der Waals surface area (Å²) in [5.41, 5.74) is 0.454. The Morgan fingerprint density at radius 2 is 1.75 bits per heavy atom. The van der Waals surface area contributed by atoms with E-state index in [-0.39, 0.29) is 11.8 Å². The van der Waals surface area contributed by atoms with E-state index in [1.54, 1.807) is 24.3 Å². The summed E-state index contributed by atoms with van der Waals surface area (Å²) >= 11 is 5.98. The van der Waals surface area contributed by atoms with Gasteiger partial charge in [-0.1, -0.05) is 23.7 Å². The van der Waals surface area contributed by atoms with Crippen molar-refractivity contribution >= 4 is 23.4 Å². The van der Waals surface area contributed by atoms with Crippen LogP contribution in [0.15, 0.2) is 24.3 Å². The van der Waals surface area contributed by atoms with E-state index in [1.807, 2.05) is 0 Å². The molecule has 130 valence electrons. The van der Waals surface area contributed by atoms with Crippen molar-refractivity contribution in [3.05, 3.63) is 34.9 Å². The zero-order valence-corrected chi connectivity index (χ0v) is 14.4. The number of fused-ring (bicyclic) bond motifs is 2. The summed E-state index contributed by atoms with van der Waals surface area (Å²) in [5.74, 6) is 0.347. The summed E-state index contributed by atoms with van der Waals surface area (Å²) in [6.45, 7) is 0.833. The summed E-state index contributed by atoms with van der Waals surface area (Å²) in [5, 5.41) is 9.69. The van der Waals surface area contributed by atoms with Gasteiger partial charge < -0.3 is 16.0 Å². The minimum Gasteiger partial charge on any atom is -0.354 e. The fraction of sp³-hybridized carbons (Fsp3) is 0.556. The fourth-order valence-electron chi connectivity index (χ4n) is 3.79. The van der Waals surface area contributed by atoms with E-state index in [0.29, 0.717) is 48.1 Å². The van der Waals surface area contributed by atoms with Crippen molar-refractivity contribution in [2.75, 3.05) is 13.1 Å². The molecular formula is C18H24ClN3O2. The van der Waals surface area contributed by atoms with Crippen LogP contribution >= 0.6 is 11.6 Å². The van der Waals surface area contributed by atoms with Crippen molar-refractivity contribution < 1.29 is 9.59 Å². The lowest BCUT2D eigenvalue weighted by atomic mass is 9.89. The average Bonchev–Trinajstić information content (AvgIpc) is 2.90. The molecule has 0 saturated carbocycles. The molecule has 2 saturated heterocycles. The van der Waals surface area contributed by atoms with Crippen LogP contribution in [-0.2, 0) is 4.79 Å². The maximum Gasteiger partial charge on any atom is 0.252 e. The molecule has 0 aromatic heterocycles. The highest BCUT2D eigenvalue weighted by Crippen LogP contribution is 2.32. The van der Waals surface area contributed by atoms with Crippen LogP contribution in [0.1, 0.15) is 42.5 Å². The molecule has 0 radical (unpaired) electrons. The summed E-state index contributed by atoms with van der Waals surface area (Å²) in [4.78, 5) is 24.0. The van der Waals surface area contributed by atoms with E-state index in [9.17, 15) is 9.59 Å². The van der Waals surface area contributed by atoms with E-state index in [1.165, 1.54) is 12.8 Å². The Morgan fingerprint density at radius 1 is 1.08 bits per heavy atom. The summed E-state index contributed by atoms with van der Waals surface area (Å²) in [7, 11) is 0. The first-order valence-electron chi connectivity index (χ1n) is 8.67. The molecule has 2 heterocycles. The van der Waals surface area contributed by atoms with Gasteiger partial charge in [0.05, 0.1) is 10.6 Å². The lowest BCUT2D eigenvalue weighted by molar-refractivity contribution is -0.122. The smallest absolute Gasteiger partial charge is 0.252 e. The second-order valence-electron chi connectivity index (χ2n) is 6.77. The van der Waals surface area contributed by atoms with Crippen LogP contribution in [0.5, 0.6) is 0 Å². The van der Waals surface area contributed by atoms with E-state index >= 15 is 0 Å². The standard InChI is InChI=1S/C18H24ClN3O2/c19-16-4-2-1-3-15(16)18(24)21-8-7-20-17(23)11-12-9-13-5-6-14(10-12)22-13/h1-4,12-14,22H,5-11H2,(H,20,23)(H,21,24). The first kappa shape index (κ1) is 17.2. The van der Waals surface area contributed by atoms with E-state index in [0.717, 1.165) is 12.8 Å². The maximum absolute atomic E-state index is 12.0. The topological polar surface area (TPSA) is 70.2 Å². The third-order valence-corrected chi connectivity index (χ3v) is 5.23. The number of amides is 2. The molecular weight excluding hydrogens is 326 g/mol. The Morgan fingerprint density at radius 3 is 2.46 bits per heavy atom. The predicted octanol–water partition coefficient (Wildman–Crippen LogP) is 2.11. The molecule has 2 aliphatic rings. The van der Waals surface area contributed by atoms with Crippen molar-refractivity contribution in [3.63, 3.8) is 0 Å². The number of carbonyl (C=O) groups is 2. The lowest BCUT2D eigenvalue weighted by Crippen LogP contribution is -2.40. The number of carbonyl (C=O) groups excluding carboxylic acids is 2. The lowest BCUT2D eigenvalue weighted by Gasteiger charge is -2.28. The molecule has 2 fully saturated rings. The molecule has 3 rings (SSSR count). The van der Waals surface area contributed by atoms with Gasteiger partial charge >= 0.3 is 0 Å². The minimum atomic E-state index is -0.218. The molecule has 24 heavy (non-hydrogen) atoms. The Balaban J connectivity index is 1.34. The molecule has 2 unspecified atom stereocenters. The van der Waals surface area contributed by atoms with Crippen LogP contribution in [0.4, 0.5) is 0 Å². The van der Waals surface area contributed by atoms with E-state index in [2.05, 4.69) is 16.0 Å². The SMILES string of the molecule is O=C(CC1CC2CCC(C1)N2)NCCNC(=O)c1ccccc1Cl. The number of benzene rings is 1. The zero-order valence-electron chi connectivity index (χ0n) is 13.7. The molecule has 1 aromatic carbocycles. The van der Waals surface area contributed by atoms with Gasteiger partial charge in [-0.25, -0.2) is 0 Å². The van der Waals surface area contributed by atoms with Crippen LogP contribution < -0.4 is 16.0 Å². The highest BCUT2D eigenvalue weighted by atomic mass is 35.5. The molecule has 0 spiro atoms. The number of halogens is 1. The monoisotopic (exact) mass is 349 g/mol. The van der Waals surface area contributed by atoms with Crippen LogP contribution in [0.3, 0.4) is 0 Å². The first-order valence-corrected chi connectivity index (χ1v) is 9.05. The summed E-state index contributed by atoms with van der Waals surface area (Å²) < 4.78 is 0. The summed E-state index contributed by atoms with van der Waals surface area (Å²) in [6.07, 6.45) is 5.29. The normalized spacial score (nSPS) is 25.3. The van der Waals surface area contributed by atoms with Crippen LogP contribution in [0.25, 0.3) is 0 Å². The Kier molecular flexibility index (Phi) is 5.74. The summed E-state index contributed by atoms with van der Waals surface area (Å²) in [6, 6.07) is 8.14. The van der Waals surface area contributed by atoms with Crippen molar-refractivity contribution in [3.8, 4) is 0 Å². The van der Waals surface area contributed by atoms with Crippen LogP contribution in [0, 0.1) is 5.92 Å². The van der Waals surface area contributed by atoms with Crippen molar-refractivity contribution in [1.82, 2.24) is 16.0 Å². The largest absolute Gasteiger partial charge is 0.354 e. The molecule has 2 bridgehead atoms. The Bertz CT molecular complexity index is 596. The highest BCUT2D eigenvalue weighted by Gasteiger charge is 2.34. The quantitative estimate of drug-likeness (QED) is 0.689. The number of piperidine rings is 1. The third-order valence-electron chi connectivity index (χ3n) is 4.90. The maximum atomic E-state index is 12.0. The molecule has 2 aliphatic heterocycles. The fourth-order valence-corrected chi connectivity index (χ4v) is 4.02. The van der Waals surface area contributed by atoms with Gasteiger partial charge in [-0.15, -0.1) is 0 Å². The van der Waals surface area contributed by atoms with Gasteiger partial charge in [0.1, 0.15) is 0 Å². The average molecular weight is 350 g/mol. The molecule has 3 N–H and O–H groups in total. The molecule has 1 aromatic rings. The van der Waals surface area contributed by atoms with Gasteiger partial charge in [-0.3, -0.25) is 9.59 Å². The number of rotatable bonds is 6. The van der Waals surface area contributed by atoms with Gasteiger partial charge in [0, 0.05) is 31.6 Å². The van der Waals surface area contributed by atoms with Crippen molar-refractivity contribution in [2.24, 2.45) is 5.92 Å². The Labute approximate surface area is 147 Å². The molecule has 2 atom stereocenters.